The summed E-state index contributed by atoms with van der Waals surface area (Å²) in [5.74, 6) is 1.58. The Morgan fingerprint density at radius 2 is 1.86 bits per heavy atom. The Bertz CT molecular complexity index is 754. The Labute approximate surface area is 128 Å². The van der Waals surface area contributed by atoms with Crippen molar-refractivity contribution in [3.05, 3.63) is 60.2 Å². The summed E-state index contributed by atoms with van der Waals surface area (Å²) >= 11 is 0. The lowest BCUT2D eigenvalue weighted by Gasteiger charge is -2.11. The number of anilines is 1. The molecule has 0 spiro atoms. The molecule has 1 heterocycles. The third-order valence-corrected chi connectivity index (χ3v) is 3.22. The molecule has 0 amide bonds. The molecule has 22 heavy (non-hydrogen) atoms. The second-order valence-electron chi connectivity index (χ2n) is 4.75. The lowest BCUT2D eigenvalue weighted by atomic mass is 10.1. The van der Waals surface area contributed by atoms with Crippen LogP contribution >= 0.6 is 0 Å². The summed E-state index contributed by atoms with van der Waals surface area (Å²) in [5.41, 5.74) is 8.15. The van der Waals surface area contributed by atoms with Gasteiger partial charge in [-0.3, -0.25) is 0 Å². The van der Waals surface area contributed by atoms with E-state index in [0.717, 1.165) is 11.1 Å². The van der Waals surface area contributed by atoms with Crippen molar-refractivity contribution >= 4 is 5.88 Å². The van der Waals surface area contributed by atoms with Gasteiger partial charge in [0.05, 0.1) is 7.11 Å². The van der Waals surface area contributed by atoms with Crippen molar-refractivity contribution in [2.75, 3.05) is 12.8 Å². The summed E-state index contributed by atoms with van der Waals surface area (Å²) in [5, 5.41) is 3.90. The number of ether oxygens (including phenoxy) is 2. The van der Waals surface area contributed by atoms with Crippen LogP contribution in [0.15, 0.2) is 59.1 Å². The van der Waals surface area contributed by atoms with Crippen LogP contribution in [0, 0.1) is 0 Å². The van der Waals surface area contributed by atoms with Crippen LogP contribution in [-0.4, -0.2) is 12.3 Å². The first kappa shape index (κ1) is 14.0. The maximum absolute atomic E-state index is 5.87. The minimum absolute atomic E-state index is 0.276. The molecular formula is C17H16N2O3. The second-order valence-corrected chi connectivity index (χ2v) is 4.75. The number of nitrogens with two attached hydrogens (primary N) is 1. The number of aromatic nitrogens is 1. The van der Waals surface area contributed by atoms with E-state index in [1.807, 2.05) is 48.5 Å². The molecule has 0 saturated heterocycles. The molecular weight excluding hydrogens is 280 g/mol. The van der Waals surface area contributed by atoms with Gasteiger partial charge in [-0.2, -0.15) is 0 Å². The van der Waals surface area contributed by atoms with E-state index in [1.54, 1.807) is 13.2 Å². The third-order valence-electron chi connectivity index (χ3n) is 3.22. The van der Waals surface area contributed by atoms with Crippen molar-refractivity contribution in [3.8, 4) is 22.8 Å². The average Bonchev–Trinajstić information content (AvgIpc) is 3.00. The van der Waals surface area contributed by atoms with Crippen LogP contribution in [0.4, 0.5) is 5.88 Å². The average molecular weight is 296 g/mol. The summed E-state index contributed by atoms with van der Waals surface area (Å²) in [6.07, 6.45) is 0. The van der Waals surface area contributed by atoms with Gasteiger partial charge in [-0.15, -0.1) is 0 Å². The monoisotopic (exact) mass is 296 g/mol. The molecule has 3 rings (SSSR count). The van der Waals surface area contributed by atoms with Crippen molar-refractivity contribution < 1.29 is 14.0 Å². The van der Waals surface area contributed by atoms with E-state index in [0.29, 0.717) is 23.8 Å². The molecule has 0 aliphatic heterocycles. The Morgan fingerprint density at radius 3 is 2.55 bits per heavy atom. The summed E-state index contributed by atoms with van der Waals surface area (Å²) < 4.78 is 16.1. The number of nitrogens with zero attached hydrogens (tertiary/aromatic N) is 1. The largest absolute Gasteiger partial charge is 0.493 e. The highest BCUT2D eigenvalue weighted by Crippen LogP contribution is 2.33. The molecule has 2 aromatic carbocycles. The summed E-state index contributed by atoms with van der Waals surface area (Å²) in [6, 6.07) is 17.2. The predicted octanol–water partition coefficient (Wildman–Crippen LogP) is 3.51. The number of methoxy groups -OCH3 is 1. The molecule has 1 aromatic heterocycles. The van der Waals surface area contributed by atoms with Crippen molar-refractivity contribution in [1.29, 1.82) is 0 Å². The SMILES string of the molecule is COc1ccc(-c2cc(N)on2)cc1OCc1ccccc1. The van der Waals surface area contributed by atoms with Gasteiger partial charge >= 0.3 is 0 Å². The van der Waals surface area contributed by atoms with Gasteiger partial charge in [0.2, 0.25) is 5.88 Å². The first-order valence-corrected chi connectivity index (χ1v) is 6.83. The molecule has 3 aromatic rings. The van der Waals surface area contributed by atoms with Gasteiger partial charge in [0.1, 0.15) is 12.3 Å². The quantitative estimate of drug-likeness (QED) is 0.780. The number of hydrogen-bond acceptors (Lipinski definition) is 5. The van der Waals surface area contributed by atoms with E-state index in [-0.39, 0.29) is 5.88 Å². The maximum Gasteiger partial charge on any atom is 0.222 e. The highest BCUT2D eigenvalue weighted by atomic mass is 16.5. The zero-order chi connectivity index (χ0) is 15.4. The molecule has 112 valence electrons. The molecule has 2 N–H and O–H groups in total. The lowest BCUT2D eigenvalue weighted by molar-refractivity contribution is 0.284. The van der Waals surface area contributed by atoms with Crippen LogP contribution in [0.5, 0.6) is 11.5 Å². The van der Waals surface area contributed by atoms with Crippen molar-refractivity contribution in [1.82, 2.24) is 5.16 Å². The van der Waals surface area contributed by atoms with Gasteiger partial charge in [-0.25, -0.2) is 0 Å². The van der Waals surface area contributed by atoms with Gasteiger partial charge in [-0.05, 0) is 23.8 Å². The summed E-state index contributed by atoms with van der Waals surface area (Å²) in [6.45, 7) is 0.460. The first-order valence-electron chi connectivity index (χ1n) is 6.83. The van der Waals surface area contributed by atoms with Gasteiger partial charge in [-0.1, -0.05) is 35.5 Å². The van der Waals surface area contributed by atoms with Crippen molar-refractivity contribution in [2.24, 2.45) is 0 Å². The number of hydrogen-bond donors (Lipinski definition) is 1. The molecule has 5 nitrogen and oxygen atoms in total. The Balaban J connectivity index is 1.85. The number of rotatable bonds is 5. The van der Waals surface area contributed by atoms with Crippen LogP contribution in [0.2, 0.25) is 0 Å². The number of nitrogen functional groups attached to an aromatic ring is 1. The smallest absolute Gasteiger partial charge is 0.222 e. The molecule has 0 saturated carbocycles. The molecule has 5 heteroatoms. The van der Waals surface area contributed by atoms with E-state index >= 15 is 0 Å². The van der Waals surface area contributed by atoms with Crippen LogP contribution in [0.3, 0.4) is 0 Å². The fraction of sp³-hybridized carbons (Fsp3) is 0.118. The Hall–Kier alpha value is -2.95. The molecule has 0 fully saturated rings. The first-order chi connectivity index (χ1) is 10.8. The van der Waals surface area contributed by atoms with Gasteiger partial charge < -0.3 is 19.7 Å². The Morgan fingerprint density at radius 1 is 1.05 bits per heavy atom. The van der Waals surface area contributed by atoms with Gasteiger partial charge in [0.15, 0.2) is 11.5 Å². The zero-order valence-electron chi connectivity index (χ0n) is 12.2. The van der Waals surface area contributed by atoms with Gasteiger partial charge in [0, 0.05) is 11.6 Å². The van der Waals surface area contributed by atoms with Crippen molar-refractivity contribution in [3.63, 3.8) is 0 Å². The third kappa shape index (κ3) is 3.03. The standard InChI is InChI=1S/C17H16N2O3/c1-20-15-8-7-13(14-10-17(18)22-19-14)9-16(15)21-11-12-5-3-2-4-6-12/h2-10H,11,18H2,1H3. The molecule has 0 aliphatic carbocycles. The molecule has 0 unspecified atom stereocenters. The molecule has 0 bridgehead atoms. The van der Waals surface area contributed by atoms with Crippen LogP contribution in [0.1, 0.15) is 5.56 Å². The molecule has 0 radical (unpaired) electrons. The normalized spacial score (nSPS) is 10.4. The highest BCUT2D eigenvalue weighted by molar-refractivity contribution is 5.65. The number of benzene rings is 2. The zero-order valence-corrected chi connectivity index (χ0v) is 12.2. The van der Waals surface area contributed by atoms with Crippen LogP contribution in [-0.2, 0) is 6.61 Å². The van der Waals surface area contributed by atoms with E-state index < -0.39 is 0 Å². The highest BCUT2D eigenvalue weighted by Gasteiger charge is 2.10. The minimum atomic E-state index is 0.276. The van der Waals surface area contributed by atoms with E-state index in [2.05, 4.69) is 5.16 Å². The minimum Gasteiger partial charge on any atom is -0.493 e. The summed E-state index contributed by atoms with van der Waals surface area (Å²) in [4.78, 5) is 0. The fourth-order valence-corrected chi connectivity index (χ4v) is 2.11. The molecule has 0 atom stereocenters. The van der Waals surface area contributed by atoms with E-state index in [9.17, 15) is 0 Å². The van der Waals surface area contributed by atoms with E-state index in [4.69, 9.17) is 19.7 Å². The fourth-order valence-electron chi connectivity index (χ4n) is 2.11. The summed E-state index contributed by atoms with van der Waals surface area (Å²) in [7, 11) is 1.61. The van der Waals surface area contributed by atoms with Crippen molar-refractivity contribution in [2.45, 2.75) is 6.61 Å². The second kappa shape index (κ2) is 6.22. The predicted molar refractivity (Wildman–Crippen MR) is 83.7 cm³/mol. The Kier molecular flexibility index (Phi) is 3.96. The topological polar surface area (TPSA) is 70.5 Å². The van der Waals surface area contributed by atoms with E-state index in [1.165, 1.54) is 0 Å². The van der Waals surface area contributed by atoms with Gasteiger partial charge in [0.25, 0.3) is 0 Å². The lowest BCUT2D eigenvalue weighted by Crippen LogP contribution is -1.98. The molecule has 0 aliphatic rings. The van der Waals surface area contributed by atoms with Crippen LogP contribution in [0.25, 0.3) is 11.3 Å². The maximum atomic E-state index is 5.87. The van der Waals surface area contributed by atoms with Crippen LogP contribution < -0.4 is 15.2 Å².